The van der Waals surface area contributed by atoms with E-state index in [9.17, 15) is 9.59 Å². The summed E-state index contributed by atoms with van der Waals surface area (Å²) in [6, 6.07) is -2.06. The van der Waals surface area contributed by atoms with Crippen molar-refractivity contribution in [3.05, 3.63) is 12.7 Å². The number of carboxylic acid groups (broad SMARTS) is 2. The van der Waals surface area contributed by atoms with Gasteiger partial charge in [0.2, 0.25) is 6.04 Å². The molecule has 0 spiro atoms. The zero-order valence-corrected chi connectivity index (χ0v) is 20.8. The van der Waals surface area contributed by atoms with E-state index in [1.54, 1.807) is 13.8 Å². The summed E-state index contributed by atoms with van der Waals surface area (Å²) in [7, 11) is -3.04. The van der Waals surface area contributed by atoms with Gasteiger partial charge in [-0.15, -0.1) is 6.04 Å². The van der Waals surface area contributed by atoms with E-state index in [-0.39, 0.29) is 41.6 Å². The van der Waals surface area contributed by atoms with Crippen LogP contribution >= 0.6 is 8.25 Å². The molecule has 14 heteroatoms. The standard InChI is InChI=1S/C7H13NO4.C5H11NO2.C4H10.HO4P.Pt.H2/c1-3-8(4-2)5(6(9)10)7(11)12;1-4(2-7)5(6)3-8;1-3-4-2;1-4-5(2)3;;/h5H,3-4H2,1-2H3,(H,9,10)(H,11,12);4-8H,1-3H2;3-4H2,1-2H3;1H;;1H/q;-2;;;+2;. The SMILES string of the molecule is CCCC.CCN(CC)C(C(=O)O)C(=O)O.O=[P+]([O-])OO.[CH2-]C(CO)C([NH-])CO.[HH].[Pt+2]. The molecule has 0 fully saturated rings. The van der Waals surface area contributed by atoms with Crippen LogP contribution in [0.25, 0.3) is 5.73 Å². The molecule has 0 aliphatic rings. The number of nitrogens with zero attached hydrogens (tertiary/aromatic N) is 1. The second kappa shape index (κ2) is 28.4. The van der Waals surface area contributed by atoms with Crippen molar-refractivity contribution in [2.75, 3.05) is 26.3 Å². The van der Waals surface area contributed by atoms with Crippen molar-refractivity contribution >= 4 is 20.2 Å². The number of aliphatic hydroxyl groups excluding tert-OH is 2. The molecule has 6 N–H and O–H groups in total. The van der Waals surface area contributed by atoms with E-state index in [1.165, 1.54) is 17.7 Å². The van der Waals surface area contributed by atoms with Gasteiger partial charge in [-0.1, -0.05) is 40.5 Å². The van der Waals surface area contributed by atoms with Crippen molar-refractivity contribution < 1.29 is 71.9 Å². The molecule has 3 unspecified atom stereocenters. The fraction of sp³-hybridized carbons (Fsp3) is 0.812. The molecule has 3 atom stereocenters. The molecule has 0 aliphatic carbocycles. The third kappa shape index (κ3) is 27.4. The first-order valence-electron chi connectivity index (χ1n) is 8.86. The summed E-state index contributed by atoms with van der Waals surface area (Å²) in [5.74, 6) is -2.99. The Balaban J connectivity index is -0.0000000718. The monoisotopic (exact) mass is 643 g/mol. The average molecular weight is 644 g/mol. The Labute approximate surface area is 194 Å². The maximum atomic E-state index is 10.5. The van der Waals surface area contributed by atoms with Crippen molar-refractivity contribution in [1.82, 2.24) is 4.90 Å². The number of unbranched alkanes of at least 4 members (excludes halogenated alkanes) is 1. The minimum atomic E-state index is -3.04. The van der Waals surface area contributed by atoms with E-state index in [0.717, 1.165) is 0 Å². The quantitative estimate of drug-likeness (QED) is 0.0752. The summed E-state index contributed by atoms with van der Waals surface area (Å²) in [6.45, 7) is 11.7. The summed E-state index contributed by atoms with van der Waals surface area (Å²) in [5, 5.41) is 40.8. The predicted molar refractivity (Wildman–Crippen MR) is 107 cm³/mol. The molecule has 0 aromatic carbocycles. The Kier molecular flexibility index (Phi) is 37.8. The topological polar surface area (TPSA) is 212 Å². The first kappa shape index (κ1) is 39.9. The van der Waals surface area contributed by atoms with Crippen molar-refractivity contribution in [2.45, 2.75) is 52.6 Å². The number of nitrogens with one attached hydrogen (secondary N) is 1. The van der Waals surface area contributed by atoms with Crippen LogP contribution in [0.4, 0.5) is 0 Å². The largest absolute Gasteiger partial charge is 2.00 e. The van der Waals surface area contributed by atoms with Crippen molar-refractivity contribution in [3.63, 3.8) is 0 Å². The van der Waals surface area contributed by atoms with Gasteiger partial charge < -0.3 is 38.0 Å². The first-order chi connectivity index (χ1) is 13.4. The van der Waals surface area contributed by atoms with Gasteiger partial charge in [0, 0.05) is 19.3 Å². The fourth-order valence-electron chi connectivity index (χ4n) is 1.28. The molecule has 0 rings (SSSR count). The summed E-state index contributed by atoms with van der Waals surface area (Å²) >= 11 is 0. The number of aliphatic hydroxyl groups is 2. The van der Waals surface area contributed by atoms with Crippen LogP contribution in [-0.2, 0) is 39.9 Å². The third-order valence-corrected chi connectivity index (χ3v) is 3.35. The van der Waals surface area contributed by atoms with E-state index in [4.69, 9.17) is 40.9 Å². The van der Waals surface area contributed by atoms with Crippen LogP contribution in [-0.4, -0.2) is 80.9 Å². The van der Waals surface area contributed by atoms with Gasteiger partial charge in [-0.25, -0.2) is 14.8 Å². The molecule has 0 aromatic heterocycles. The van der Waals surface area contributed by atoms with E-state index in [1.807, 2.05) is 0 Å². The van der Waals surface area contributed by atoms with Crippen LogP contribution in [0.5, 0.6) is 0 Å². The number of hydrogen-bond donors (Lipinski definition) is 5. The van der Waals surface area contributed by atoms with Gasteiger partial charge >= 0.3 is 41.3 Å². The van der Waals surface area contributed by atoms with Crippen LogP contribution < -0.4 is 4.89 Å². The molecule has 0 bridgehead atoms. The van der Waals surface area contributed by atoms with Gasteiger partial charge in [0.1, 0.15) is 0 Å². The minimum Gasteiger partial charge on any atom is -0.675 e. The second-order valence-electron chi connectivity index (χ2n) is 5.34. The Morgan fingerprint density at radius 2 is 1.43 bits per heavy atom. The van der Waals surface area contributed by atoms with Gasteiger partial charge in [0.15, 0.2) is 0 Å². The summed E-state index contributed by atoms with van der Waals surface area (Å²) in [6.07, 6.45) is 2.64. The van der Waals surface area contributed by atoms with Crippen molar-refractivity contribution in [3.8, 4) is 0 Å². The molecule has 186 valence electrons. The van der Waals surface area contributed by atoms with Crippen LogP contribution in [0.15, 0.2) is 0 Å². The molecule has 12 nitrogen and oxygen atoms in total. The molecule has 30 heavy (non-hydrogen) atoms. The summed E-state index contributed by atoms with van der Waals surface area (Å²) in [4.78, 5) is 31.3. The summed E-state index contributed by atoms with van der Waals surface area (Å²) < 4.78 is 11.6. The van der Waals surface area contributed by atoms with Crippen LogP contribution in [0.3, 0.4) is 0 Å². The number of carboxylic acids is 2. The number of aliphatic carboxylic acids is 2. The van der Waals surface area contributed by atoms with Crippen LogP contribution in [0, 0.1) is 12.8 Å². The third-order valence-electron chi connectivity index (χ3n) is 3.21. The molecule has 0 heterocycles. The first-order valence-corrected chi connectivity index (χ1v) is 9.96. The Bertz CT molecular complexity index is 400. The summed E-state index contributed by atoms with van der Waals surface area (Å²) in [5.41, 5.74) is 6.95. The molecule has 0 radical (unpaired) electrons. The average Bonchev–Trinajstić information content (AvgIpc) is 2.70. The minimum absolute atomic E-state index is 0. The molecular formula is C16H37N2O10PPt. The predicted octanol–water partition coefficient (Wildman–Crippen LogP) is 1.25. The maximum absolute atomic E-state index is 10.5. The molecule has 0 saturated heterocycles. The number of hydrogen-bond acceptors (Lipinski definition) is 9. The Hall–Kier alpha value is -0.552. The van der Waals surface area contributed by atoms with E-state index in [0.29, 0.717) is 13.1 Å². The normalized spacial score (nSPS) is 11.9. The van der Waals surface area contributed by atoms with Gasteiger partial charge in [-0.3, -0.25) is 4.90 Å². The zero-order valence-electron chi connectivity index (χ0n) is 17.7. The van der Waals surface area contributed by atoms with Crippen molar-refractivity contribution in [2.24, 2.45) is 5.92 Å². The van der Waals surface area contributed by atoms with Gasteiger partial charge in [0.05, 0.1) is 0 Å². The smallest absolute Gasteiger partial charge is 0.675 e. The Morgan fingerprint density at radius 1 is 1.10 bits per heavy atom. The van der Waals surface area contributed by atoms with E-state index < -0.39 is 32.3 Å². The second-order valence-corrected chi connectivity index (χ2v) is 5.95. The molecular weight excluding hydrogens is 606 g/mol. The van der Waals surface area contributed by atoms with Gasteiger partial charge in [-0.2, -0.15) is 5.92 Å². The Morgan fingerprint density at radius 3 is 1.50 bits per heavy atom. The van der Waals surface area contributed by atoms with E-state index >= 15 is 0 Å². The van der Waals surface area contributed by atoms with Crippen LogP contribution in [0.2, 0.25) is 0 Å². The molecule has 0 amide bonds. The number of rotatable bonds is 10. The number of likely N-dealkylation sites (N-methyl/N-ethyl adjacent to an activating group) is 1. The number of carbonyl (C=O) groups is 2. The maximum Gasteiger partial charge on any atom is 2.00 e. The van der Waals surface area contributed by atoms with Gasteiger partial charge in [-0.05, 0) is 17.7 Å². The molecule has 0 saturated carbocycles. The van der Waals surface area contributed by atoms with Gasteiger partial charge in [0.25, 0.3) is 0 Å². The molecule has 0 aliphatic heterocycles. The van der Waals surface area contributed by atoms with Crippen LogP contribution in [0.1, 0.15) is 42.0 Å². The zero-order chi connectivity index (χ0) is 24.0. The fourth-order valence-corrected chi connectivity index (χ4v) is 1.28. The molecule has 0 aromatic rings. The van der Waals surface area contributed by atoms with Crippen molar-refractivity contribution in [1.29, 1.82) is 0 Å². The van der Waals surface area contributed by atoms with E-state index in [2.05, 4.69) is 25.4 Å².